The molecule has 144 valence electrons. The first-order valence-electron chi connectivity index (χ1n) is 8.11. The van der Waals surface area contributed by atoms with Gasteiger partial charge in [0.15, 0.2) is 17.5 Å². The Morgan fingerprint density at radius 3 is 2.50 bits per heavy atom. The largest absolute Gasteiger partial charge is 0.497 e. The van der Waals surface area contributed by atoms with E-state index in [-0.39, 0.29) is 5.69 Å². The molecule has 0 fully saturated rings. The number of nitrogens with one attached hydrogen (secondary N) is 2. The predicted molar refractivity (Wildman–Crippen MR) is 96.6 cm³/mol. The van der Waals surface area contributed by atoms with Crippen LogP contribution >= 0.6 is 0 Å². The summed E-state index contributed by atoms with van der Waals surface area (Å²) in [5.41, 5.74) is 0.390. The zero-order valence-corrected chi connectivity index (χ0v) is 14.7. The lowest BCUT2D eigenvalue weighted by molar-refractivity contribution is 0.102. The van der Waals surface area contributed by atoms with E-state index >= 15 is 0 Å². The molecule has 0 unspecified atom stereocenters. The molecular formula is C19H15F3N4O2. The van der Waals surface area contributed by atoms with Gasteiger partial charge in [-0.3, -0.25) is 4.79 Å². The van der Waals surface area contributed by atoms with Crippen molar-refractivity contribution in [2.45, 2.75) is 6.54 Å². The second kappa shape index (κ2) is 8.38. The van der Waals surface area contributed by atoms with E-state index in [2.05, 4.69) is 20.6 Å². The molecular weight excluding hydrogens is 373 g/mol. The average Bonchev–Trinajstić information content (AvgIpc) is 2.73. The first-order valence-corrected chi connectivity index (χ1v) is 8.11. The molecule has 0 spiro atoms. The van der Waals surface area contributed by atoms with Crippen molar-refractivity contribution in [1.29, 1.82) is 0 Å². The summed E-state index contributed by atoms with van der Waals surface area (Å²) in [5, 5.41) is 5.19. The van der Waals surface area contributed by atoms with Gasteiger partial charge in [0.05, 0.1) is 12.8 Å². The number of amides is 1. The number of ether oxygens (including phenoxy) is 1. The quantitative estimate of drug-likeness (QED) is 0.629. The van der Waals surface area contributed by atoms with Gasteiger partial charge in [0.2, 0.25) is 0 Å². The van der Waals surface area contributed by atoms with Crippen LogP contribution in [0.2, 0.25) is 0 Å². The number of hydrogen-bond donors (Lipinski definition) is 2. The molecule has 2 aromatic carbocycles. The van der Waals surface area contributed by atoms with E-state index in [0.29, 0.717) is 12.4 Å². The number of hydrogen-bond acceptors (Lipinski definition) is 5. The molecule has 0 aliphatic rings. The Labute approximate surface area is 158 Å². The number of carbonyl (C=O) groups is 1. The highest BCUT2D eigenvalue weighted by atomic mass is 19.2. The summed E-state index contributed by atoms with van der Waals surface area (Å²) in [5.74, 6) is -4.19. The minimum atomic E-state index is -1.66. The van der Waals surface area contributed by atoms with Gasteiger partial charge >= 0.3 is 0 Å². The zero-order valence-electron chi connectivity index (χ0n) is 14.7. The SMILES string of the molecule is COc1ccc(CNc2cc(C(=O)Nc3ccc(F)c(F)c3F)ncn2)cc1. The lowest BCUT2D eigenvalue weighted by atomic mass is 10.2. The highest BCUT2D eigenvalue weighted by Crippen LogP contribution is 2.20. The maximum atomic E-state index is 13.7. The van der Waals surface area contributed by atoms with E-state index in [1.54, 1.807) is 7.11 Å². The van der Waals surface area contributed by atoms with Gasteiger partial charge in [-0.25, -0.2) is 23.1 Å². The van der Waals surface area contributed by atoms with Crippen LogP contribution in [0.1, 0.15) is 16.1 Å². The third-order valence-electron chi connectivity index (χ3n) is 3.82. The van der Waals surface area contributed by atoms with Crippen molar-refractivity contribution >= 4 is 17.4 Å². The van der Waals surface area contributed by atoms with Crippen LogP contribution in [0.5, 0.6) is 5.75 Å². The van der Waals surface area contributed by atoms with E-state index in [9.17, 15) is 18.0 Å². The van der Waals surface area contributed by atoms with Crippen LogP contribution in [0.25, 0.3) is 0 Å². The molecule has 6 nitrogen and oxygen atoms in total. The van der Waals surface area contributed by atoms with Gasteiger partial charge in [0.25, 0.3) is 5.91 Å². The van der Waals surface area contributed by atoms with Crippen molar-refractivity contribution in [3.8, 4) is 5.75 Å². The second-order valence-electron chi connectivity index (χ2n) is 5.67. The van der Waals surface area contributed by atoms with Crippen LogP contribution in [0.3, 0.4) is 0 Å². The topological polar surface area (TPSA) is 76.1 Å². The molecule has 0 saturated heterocycles. The van der Waals surface area contributed by atoms with E-state index in [1.807, 2.05) is 24.3 Å². The van der Waals surface area contributed by atoms with E-state index in [4.69, 9.17) is 4.74 Å². The number of nitrogens with zero attached hydrogens (tertiary/aromatic N) is 2. The predicted octanol–water partition coefficient (Wildman–Crippen LogP) is 3.77. The fraction of sp³-hybridized carbons (Fsp3) is 0.105. The van der Waals surface area contributed by atoms with Crippen LogP contribution in [0.4, 0.5) is 24.7 Å². The summed E-state index contributed by atoms with van der Waals surface area (Å²) in [4.78, 5) is 20.1. The number of halogens is 3. The number of rotatable bonds is 6. The molecule has 0 aliphatic heterocycles. The fourth-order valence-corrected chi connectivity index (χ4v) is 2.32. The molecule has 0 saturated carbocycles. The molecule has 9 heteroatoms. The van der Waals surface area contributed by atoms with Gasteiger partial charge in [0.1, 0.15) is 23.6 Å². The molecule has 0 aliphatic carbocycles. The lowest BCUT2D eigenvalue weighted by Crippen LogP contribution is -2.16. The zero-order chi connectivity index (χ0) is 20.1. The fourth-order valence-electron chi connectivity index (χ4n) is 2.32. The van der Waals surface area contributed by atoms with Crippen LogP contribution in [-0.4, -0.2) is 23.0 Å². The lowest BCUT2D eigenvalue weighted by Gasteiger charge is -2.09. The molecule has 2 N–H and O–H groups in total. The van der Waals surface area contributed by atoms with E-state index in [1.165, 1.54) is 6.07 Å². The van der Waals surface area contributed by atoms with Crippen molar-refractivity contribution in [3.63, 3.8) is 0 Å². The standard InChI is InChI=1S/C19H15F3N4O2/c1-28-12-4-2-11(3-5-12)9-23-16-8-15(24-10-25-16)19(27)26-14-7-6-13(20)17(21)18(14)22/h2-8,10H,9H2,1H3,(H,26,27)(H,23,24,25). The highest BCUT2D eigenvalue weighted by Gasteiger charge is 2.17. The molecule has 3 aromatic rings. The van der Waals surface area contributed by atoms with Gasteiger partial charge in [-0.1, -0.05) is 12.1 Å². The van der Waals surface area contributed by atoms with Gasteiger partial charge in [-0.15, -0.1) is 0 Å². The molecule has 3 rings (SSSR count). The minimum Gasteiger partial charge on any atom is -0.497 e. The van der Waals surface area contributed by atoms with E-state index in [0.717, 1.165) is 29.8 Å². The van der Waals surface area contributed by atoms with Crippen molar-refractivity contribution in [2.75, 3.05) is 17.7 Å². The molecule has 1 aromatic heterocycles. The van der Waals surface area contributed by atoms with Crippen LogP contribution in [0, 0.1) is 17.5 Å². The summed E-state index contributed by atoms with van der Waals surface area (Å²) < 4.78 is 45.0. The van der Waals surface area contributed by atoms with Gasteiger partial charge in [-0.05, 0) is 29.8 Å². The number of benzene rings is 2. The molecule has 28 heavy (non-hydrogen) atoms. The summed E-state index contributed by atoms with van der Waals surface area (Å²) in [7, 11) is 1.58. The van der Waals surface area contributed by atoms with Gasteiger partial charge in [0, 0.05) is 12.6 Å². The summed E-state index contributed by atoms with van der Waals surface area (Å²) in [6.07, 6.45) is 1.16. The van der Waals surface area contributed by atoms with Crippen molar-refractivity contribution < 1.29 is 22.7 Å². The summed E-state index contributed by atoms with van der Waals surface area (Å²) >= 11 is 0. The summed E-state index contributed by atoms with van der Waals surface area (Å²) in [6.45, 7) is 0.430. The Morgan fingerprint density at radius 1 is 1.04 bits per heavy atom. The third-order valence-corrected chi connectivity index (χ3v) is 3.82. The van der Waals surface area contributed by atoms with Gasteiger partial charge in [-0.2, -0.15) is 0 Å². The Morgan fingerprint density at radius 2 is 1.79 bits per heavy atom. The Hall–Kier alpha value is -3.62. The second-order valence-corrected chi connectivity index (χ2v) is 5.67. The third kappa shape index (κ3) is 4.37. The first-order chi connectivity index (χ1) is 13.5. The Balaban J connectivity index is 1.68. The normalized spacial score (nSPS) is 10.4. The Kier molecular flexibility index (Phi) is 5.73. The minimum absolute atomic E-state index is 0.0728. The number of methoxy groups -OCH3 is 1. The van der Waals surface area contributed by atoms with E-state index < -0.39 is 29.0 Å². The highest BCUT2D eigenvalue weighted by molar-refractivity contribution is 6.03. The summed E-state index contributed by atoms with van der Waals surface area (Å²) in [6, 6.07) is 10.4. The Bertz CT molecular complexity index is 997. The van der Waals surface area contributed by atoms with Gasteiger partial charge < -0.3 is 15.4 Å². The number of anilines is 2. The van der Waals surface area contributed by atoms with Crippen molar-refractivity contribution in [2.24, 2.45) is 0 Å². The maximum Gasteiger partial charge on any atom is 0.274 e. The van der Waals surface area contributed by atoms with Crippen LogP contribution in [-0.2, 0) is 6.54 Å². The van der Waals surface area contributed by atoms with Crippen molar-refractivity contribution in [1.82, 2.24) is 9.97 Å². The smallest absolute Gasteiger partial charge is 0.274 e. The molecule has 0 atom stereocenters. The van der Waals surface area contributed by atoms with Crippen molar-refractivity contribution in [3.05, 3.63) is 77.5 Å². The monoisotopic (exact) mass is 388 g/mol. The number of carbonyl (C=O) groups excluding carboxylic acids is 1. The van der Waals surface area contributed by atoms with Crippen LogP contribution in [0.15, 0.2) is 48.8 Å². The molecule has 0 radical (unpaired) electrons. The first kappa shape index (κ1) is 19.2. The maximum absolute atomic E-state index is 13.7. The average molecular weight is 388 g/mol. The molecule has 0 bridgehead atoms. The molecule has 1 heterocycles. The van der Waals surface area contributed by atoms with Crippen LogP contribution < -0.4 is 15.4 Å². The molecule has 1 amide bonds. The number of aromatic nitrogens is 2.